The van der Waals surface area contributed by atoms with Gasteiger partial charge >= 0.3 is 12.3 Å². The highest BCUT2D eigenvalue weighted by atomic mass is 19.4. The lowest BCUT2D eigenvalue weighted by atomic mass is 9.87. The number of nitrogens with zero attached hydrogens (tertiary/aromatic N) is 1. The first-order chi connectivity index (χ1) is 18.7. The van der Waals surface area contributed by atoms with Gasteiger partial charge in [0.2, 0.25) is 0 Å². The van der Waals surface area contributed by atoms with Crippen LogP contribution >= 0.6 is 0 Å². The summed E-state index contributed by atoms with van der Waals surface area (Å²) in [6.45, 7) is 1.62. The second-order valence-corrected chi connectivity index (χ2v) is 9.96. The smallest absolute Gasteiger partial charge is 0.478 e. The summed E-state index contributed by atoms with van der Waals surface area (Å²) in [5.41, 5.74) is 6.78. The maximum atomic E-state index is 12.7. The molecule has 0 spiro atoms. The summed E-state index contributed by atoms with van der Waals surface area (Å²) in [6.07, 6.45) is 0.0470. The normalized spacial score (nSPS) is 16.4. The summed E-state index contributed by atoms with van der Waals surface area (Å²) in [5.74, 6) is -1.16. The van der Waals surface area contributed by atoms with Crippen molar-refractivity contribution < 1.29 is 32.6 Å². The first-order valence-corrected chi connectivity index (χ1v) is 13.0. The number of halogens is 3. The van der Waals surface area contributed by atoms with E-state index in [9.17, 15) is 27.9 Å². The zero-order chi connectivity index (χ0) is 27.6. The first kappa shape index (κ1) is 26.5. The van der Waals surface area contributed by atoms with Gasteiger partial charge in [-0.1, -0.05) is 30.3 Å². The maximum absolute atomic E-state index is 12.7. The largest absolute Gasteiger partial charge is 0.573 e. The van der Waals surface area contributed by atoms with Gasteiger partial charge in [0.05, 0.1) is 5.56 Å². The molecule has 0 radical (unpaired) electrons. The number of benzene rings is 3. The molecule has 3 aromatic rings. The number of aldehydes is 1. The van der Waals surface area contributed by atoms with E-state index in [2.05, 4.69) is 21.8 Å². The summed E-state index contributed by atoms with van der Waals surface area (Å²) in [4.78, 5) is 25.0. The molecule has 2 aliphatic rings. The van der Waals surface area contributed by atoms with Gasteiger partial charge in [-0.3, -0.25) is 0 Å². The van der Waals surface area contributed by atoms with Crippen LogP contribution in [0.4, 0.5) is 18.9 Å². The van der Waals surface area contributed by atoms with Crippen LogP contribution in [0.2, 0.25) is 0 Å². The molecule has 0 amide bonds. The molecule has 1 aliphatic carbocycles. The van der Waals surface area contributed by atoms with Crippen molar-refractivity contribution >= 4 is 29.1 Å². The van der Waals surface area contributed by atoms with Gasteiger partial charge in [0.25, 0.3) is 0 Å². The number of hydrogen-bond acceptors (Lipinski definition) is 4. The first-order valence-electron chi connectivity index (χ1n) is 13.0. The van der Waals surface area contributed by atoms with Crippen LogP contribution in [-0.2, 0) is 11.2 Å². The molecular weight excluding hydrogens is 507 g/mol. The number of aryl methyl sites for hydroxylation is 1. The van der Waals surface area contributed by atoms with E-state index in [0.29, 0.717) is 12.8 Å². The van der Waals surface area contributed by atoms with E-state index < -0.39 is 12.3 Å². The Morgan fingerprint density at radius 3 is 2.21 bits per heavy atom. The predicted octanol–water partition coefficient (Wildman–Crippen LogP) is 6.99. The number of allylic oxidation sites excluding steroid dienone is 1. The minimum Gasteiger partial charge on any atom is -0.478 e. The van der Waals surface area contributed by atoms with Crippen molar-refractivity contribution in [2.45, 2.75) is 38.5 Å². The number of aromatic carboxylic acids is 1. The van der Waals surface area contributed by atoms with Gasteiger partial charge in [0.1, 0.15) is 12.0 Å². The third-order valence-corrected chi connectivity index (χ3v) is 7.49. The fraction of sp³-hybridized carbons (Fsp3) is 0.290. The topological polar surface area (TPSA) is 66.8 Å². The van der Waals surface area contributed by atoms with Crippen LogP contribution in [0.3, 0.4) is 0 Å². The molecule has 1 fully saturated rings. The van der Waals surface area contributed by atoms with Gasteiger partial charge in [0, 0.05) is 24.7 Å². The molecule has 5 nitrogen and oxygen atoms in total. The summed E-state index contributed by atoms with van der Waals surface area (Å²) in [5, 5.41) is 9.53. The van der Waals surface area contributed by atoms with Gasteiger partial charge in [-0.25, -0.2) is 4.79 Å². The van der Waals surface area contributed by atoms with E-state index in [-0.39, 0.29) is 17.2 Å². The van der Waals surface area contributed by atoms with Crippen LogP contribution in [-0.4, -0.2) is 36.8 Å². The molecule has 0 atom stereocenters. The fourth-order valence-corrected chi connectivity index (χ4v) is 5.53. The van der Waals surface area contributed by atoms with Crippen LogP contribution in [0.1, 0.15) is 58.3 Å². The standard InChI is InChI=1S/C31H28F3NO4/c32-31(33,34)39-26-11-6-21(7-12-26)27-3-1-2-23-18-24(30(37)38)8-13-28(23)29(27)22-4-9-25(10-5-22)35-16-14-20(19-36)15-17-35/h4-13,18-20H,1-3,14-17H2,(H,37,38). The highest BCUT2D eigenvalue weighted by molar-refractivity contribution is 6.00. The Bertz CT molecular complexity index is 1390. The minimum absolute atomic E-state index is 0.111. The van der Waals surface area contributed by atoms with Crippen LogP contribution in [0.15, 0.2) is 66.7 Å². The van der Waals surface area contributed by atoms with E-state index in [1.54, 1.807) is 24.3 Å². The number of hydrogen-bond donors (Lipinski definition) is 1. The number of piperidine rings is 1. The molecule has 8 heteroatoms. The number of carbonyl (C=O) groups excluding carboxylic acids is 1. The van der Waals surface area contributed by atoms with E-state index in [1.165, 1.54) is 12.1 Å². The lowest BCUT2D eigenvalue weighted by Crippen LogP contribution is -2.34. The van der Waals surface area contributed by atoms with Crippen LogP contribution in [0.5, 0.6) is 5.75 Å². The van der Waals surface area contributed by atoms with E-state index in [4.69, 9.17) is 0 Å². The third-order valence-electron chi connectivity index (χ3n) is 7.49. The van der Waals surface area contributed by atoms with Gasteiger partial charge in [-0.05, 0) is 102 Å². The van der Waals surface area contributed by atoms with Crippen molar-refractivity contribution in [1.82, 2.24) is 0 Å². The quantitative estimate of drug-likeness (QED) is 0.345. The molecule has 202 valence electrons. The second kappa shape index (κ2) is 11.0. The van der Waals surface area contributed by atoms with E-state index in [0.717, 1.165) is 77.7 Å². The molecule has 5 rings (SSSR count). The Kier molecular flexibility index (Phi) is 7.46. The fourth-order valence-electron chi connectivity index (χ4n) is 5.53. The Morgan fingerprint density at radius 2 is 1.59 bits per heavy atom. The van der Waals surface area contributed by atoms with E-state index in [1.807, 2.05) is 18.2 Å². The van der Waals surface area contributed by atoms with E-state index >= 15 is 0 Å². The Morgan fingerprint density at radius 1 is 0.923 bits per heavy atom. The SMILES string of the molecule is O=CC1CCN(c2ccc(C3=C(c4ccc(OC(F)(F)F)cc4)CCCc4cc(C(=O)O)ccc43)cc2)CC1. The highest BCUT2D eigenvalue weighted by Crippen LogP contribution is 2.41. The zero-order valence-corrected chi connectivity index (χ0v) is 21.2. The lowest BCUT2D eigenvalue weighted by Gasteiger charge is -2.31. The number of alkyl halides is 3. The van der Waals surface area contributed by atoms with Crippen molar-refractivity contribution in [3.05, 3.63) is 94.5 Å². The number of carboxylic acids is 1. The van der Waals surface area contributed by atoms with Crippen molar-refractivity contribution in [3.63, 3.8) is 0 Å². The molecule has 3 aromatic carbocycles. The molecule has 1 N–H and O–H groups in total. The Balaban J connectivity index is 1.56. The molecule has 1 aliphatic heterocycles. The van der Waals surface area contributed by atoms with Gasteiger partial charge in [-0.15, -0.1) is 13.2 Å². The number of ether oxygens (including phenoxy) is 1. The van der Waals surface area contributed by atoms with Crippen molar-refractivity contribution in [3.8, 4) is 5.75 Å². The third kappa shape index (κ3) is 6.00. The number of rotatable bonds is 6. The molecule has 0 saturated carbocycles. The monoisotopic (exact) mass is 535 g/mol. The van der Waals surface area contributed by atoms with Crippen molar-refractivity contribution in [2.24, 2.45) is 5.92 Å². The number of fused-ring (bicyclic) bond motifs is 1. The summed E-state index contributed by atoms with van der Waals surface area (Å²) in [7, 11) is 0. The van der Waals surface area contributed by atoms with Crippen molar-refractivity contribution in [1.29, 1.82) is 0 Å². The van der Waals surface area contributed by atoms with Crippen LogP contribution < -0.4 is 9.64 Å². The van der Waals surface area contributed by atoms with Crippen LogP contribution in [0, 0.1) is 5.92 Å². The average molecular weight is 536 g/mol. The molecule has 0 unspecified atom stereocenters. The number of anilines is 1. The summed E-state index contributed by atoms with van der Waals surface area (Å²) >= 11 is 0. The Labute approximate surface area is 224 Å². The van der Waals surface area contributed by atoms with Gasteiger partial charge in [-0.2, -0.15) is 0 Å². The maximum Gasteiger partial charge on any atom is 0.573 e. The predicted molar refractivity (Wildman–Crippen MR) is 143 cm³/mol. The van der Waals surface area contributed by atoms with Crippen molar-refractivity contribution in [2.75, 3.05) is 18.0 Å². The molecule has 39 heavy (non-hydrogen) atoms. The van der Waals surface area contributed by atoms with Gasteiger partial charge in [0.15, 0.2) is 0 Å². The zero-order valence-electron chi connectivity index (χ0n) is 21.2. The summed E-state index contributed by atoms with van der Waals surface area (Å²) < 4.78 is 42.2. The minimum atomic E-state index is -4.76. The second-order valence-electron chi connectivity index (χ2n) is 9.96. The summed E-state index contributed by atoms with van der Waals surface area (Å²) in [6, 6.07) is 19.2. The number of carbonyl (C=O) groups is 2. The van der Waals surface area contributed by atoms with Gasteiger partial charge < -0.3 is 19.5 Å². The molecule has 1 heterocycles. The highest BCUT2D eigenvalue weighted by Gasteiger charge is 2.31. The molecular formula is C31H28F3NO4. The van der Waals surface area contributed by atoms with Crippen LogP contribution in [0.25, 0.3) is 11.1 Å². The molecule has 0 aromatic heterocycles. The lowest BCUT2D eigenvalue weighted by molar-refractivity contribution is -0.274. The average Bonchev–Trinajstić information content (AvgIpc) is 3.12. The molecule has 0 bridgehead atoms. The molecule has 1 saturated heterocycles. The number of carboxylic acid groups (broad SMARTS) is 1. The Hall–Kier alpha value is -4.07.